The SMILES string of the molecule is C[Si]12C3C4C3C1C42. The molecule has 5 aliphatic rings. The van der Waals surface area contributed by atoms with Crippen molar-refractivity contribution in [1.82, 2.24) is 0 Å². The molecule has 5 rings (SSSR count). The molecule has 0 radical (unpaired) electrons. The quantitative estimate of drug-likeness (QED) is 0.412. The third-order valence-electron chi connectivity index (χ3n) is 4.39. The van der Waals surface area contributed by atoms with E-state index in [0.29, 0.717) is 0 Å². The molecule has 3 heterocycles. The van der Waals surface area contributed by atoms with E-state index in [-0.39, 0.29) is 8.07 Å². The van der Waals surface area contributed by atoms with Crippen molar-refractivity contribution < 1.29 is 0 Å². The van der Waals surface area contributed by atoms with Gasteiger partial charge in [-0.05, 0) is 28.5 Å². The fraction of sp³-hybridized carbons (Fsp3) is 1.00. The summed E-state index contributed by atoms with van der Waals surface area (Å²) in [6, 6.07) is 0. The van der Waals surface area contributed by atoms with Gasteiger partial charge in [-0.25, -0.2) is 0 Å². The minimum absolute atomic E-state index is 0.253. The second-order valence-corrected chi connectivity index (χ2v) is 8.83. The van der Waals surface area contributed by atoms with Crippen LogP contribution in [0.25, 0.3) is 0 Å². The monoisotopic (exact) mass is 108 g/mol. The molecule has 0 N–H and O–H groups in total. The van der Waals surface area contributed by atoms with Crippen molar-refractivity contribution in [3.8, 4) is 0 Å². The Morgan fingerprint density at radius 2 is 1.57 bits per heavy atom. The molecule has 4 unspecified atom stereocenters. The summed E-state index contributed by atoms with van der Waals surface area (Å²) in [7, 11) is -0.253. The van der Waals surface area contributed by atoms with Crippen molar-refractivity contribution in [2.45, 2.75) is 23.2 Å². The minimum atomic E-state index is -0.253. The molecular weight excluding hydrogens is 100 g/mol. The van der Waals surface area contributed by atoms with Gasteiger partial charge < -0.3 is 0 Å². The van der Waals surface area contributed by atoms with Gasteiger partial charge in [-0.3, -0.25) is 0 Å². The normalized spacial score (nSPS) is 105. The molecule has 3 saturated heterocycles. The summed E-state index contributed by atoms with van der Waals surface area (Å²) in [4.78, 5) is 0. The zero-order valence-electron chi connectivity index (χ0n) is 4.39. The molecule has 0 nitrogen and oxygen atoms in total. The van der Waals surface area contributed by atoms with Crippen molar-refractivity contribution in [1.29, 1.82) is 0 Å². The summed E-state index contributed by atoms with van der Waals surface area (Å²) >= 11 is 0. The van der Waals surface area contributed by atoms with Crippen LogP contribution in [0.4, 0.5) is 0 Å². The van der Waals surface area contributed by atoms with Crippen molar-refractivity contribution in [2.75, 3.05) is 0 Å². The lowest BCUT2D eigenvalue weighted by molar-refractivity contribution is 0.556. The molecule has 1 heteroatoms. The van der Waals surface area contributed by atoms with Crippen molar-refractivity contribution in [2.24, 2.45) is 11.8 Å². The van der Waals surface area contributed by atoms with E-state index in [0.717, 1.165) is 0 Å². The van der Waals surface area contributed by atoms with Crippen LogP contribution in [0, 0.1) is 11.8 Å². The molecular formula is C6H8Si. The lowest BCUT2D eigenvalue weighted by atomic mass is 10.0. The Morgan fingerprint density at radius 1 is 1.00 bits per heavy atom. The van der Waals surface area contributed by atoms with E-state index in [1.54, 1.807) is 0 Å². The smallest absolute Gasteiger partial charge is 0.0609 e. The first-order valence-corrected chi connectivity index (χ1v) is 6.10. The number of hydrogen-bond acceptors (Lipinski definition) is 0. The van der Waals surface area contributed by atoms with E-state index in [2.05, 4.69) is 6.55 Å². The van der Waals surface area contributed by atoms with Crippen LogP contribution in [-0.4, -0.2) is 8.07 Å². The summed E-state index contributed by atoms with van der Waals surface area (Å²) in [5.41, 5.74) is 4.26. The zero-order chi connectivity index (χ0) is 4.39. The van der Waals surface area contributed by atoms with Gasteiger partial charge in [-0.1, -0.05) is 6.55 Å². The molecule has 36 valence electrons. The highest BCUT2D eigenvalue weighted by Gasteiger charge is 3.04. The predicted molar refractivity (Wildman–Crippen MR) is 29.8 cm³/mol. The van der Waals surface area contributed by atoms with Crippen LogP contribution in [0.1, 0.15) is 0 Å². The highest BCUT2D eigenvalue weighted by molar-refractivity contribution is 7.02. The molecule has 0 aromatic carbocycles. The van der Waals surface area contributed by atoms with E-state index in [4.69, 9.17) is 0 Å². The van der Waals surface area contributed by atoms with Crippen molar-refractivity contribution in [3.05, 3.63) is 0 Å². The molecule has 0 amide bonds. The van der Waals surface area contributed by atoms with Crippen LogP contribution in [0.3, 0.4) is 0 Å². The number of rotatable bonds is 0. The molecule has 2 saturated carbocycles. The first-order chi connectivity index (χ1) is 3.37. The Bertz CT molecular complexity index is 157. The maximum absolute atomic E-state index is 2.63. The molecule has 0 bridgehead atoms. The maximum Gasteiger partial charge on any atom is 0.0609 e. The topological polar surface area (TPSA) is 0 Å². The fourth-order valence-corrected chi connectivity index (χ4v) is 11.7. The average Bonchev–Trinajstić information content (AvgIpc) is 2.05. The van der Waals surface area contributed by atoms with Gasteiger partial charge in [0.2, 0.25) is 0 Å². The van der Waals surface area contributed by atoms with Crippen LogP contribution in [0.5, 0.6) is 0 Å². The highest BCUT2D eigenvalue weighted by Crippen LogP contribution is 3.11. The molecule has 4 atom stereocenters. The van der Waals surface area contributed by atoms with Gasteiger partial charge in [0, 0.05) is 0 Å². The van der Waals surface area contributed by atoms with Gasteiger partial charge in [-0.15, -0.1) is 0 Å². The standard InChI is InChI=1S/C6H8Si/c1-7-4-2-3(4)6(7)5(2)7/h2-6H,1H3. The van der Waals surface area contributed by atoms with Gasteiger partial charge in [0.25, 0.3) is 0 Å². The fourth-order valence-electron chi connectivity index (χ4n) is 4.09. The third-order valence-corrected chi connectivity index (χ3v) is 10.6. The summed E-state index contributed by atoms with van der Waals surface area (Å²) in [5.74, 6) is 2.73. The molecule has 0 spiro atoms. The van der Waals surface area contributed by atoms with E-state index in [1.165, 1.54) is 28.5 Å². The second kappa shape index (κ2) is 0.376. The molecule has 3 aliphatic heterocycles. The van der Waals surface area contributed by atoms with Crippen LogP contribution in [-0.2, 0) is 0 Å². The summed E-state index contributed by atoms with van der Waals surface area (Å²) in [6.07, 6.45) is 0. The largest absolute Gasteiger partial charge is 0.0685 e. The summed E-state index contributed by atoms with van der Waals surface area (Å²) in [6.45, 7) is 2.63. The van der Waals surface area contributed by atoms with Gasteiger partial charge in [0.05, 0.1) is 8.07 Å². The third kappa shape index (κ3) is 0.0757. The Kier molecular flexibility index (Phi) is 0.143. The van der Waals surface area contributed by atoms with Gasteiger partial charge >= 0.3 is 0 Å². The lowest BCUT2D eigenvalue weighted by Gasteiger charge is -2.18. The van der Waals surface area contributed by atoms with Crippen LogP contribution in [0.2, 0.25) is 23.2 Å². The Balaban J connectivity index is 2.17. The first-order valence-electron chi connectivity index (χ1n) is 3.37. The maximum atomic E-state index is 2.63. The van der Waals surface area contributed by atoms with Gasteiger partial charge in [0.15, 0.2) is 0 Å². The Labute approximate surface area is 43.9 Å². The van der Waals surface area contributed by atoms with Gasteiger partial charge in [0.1, 0.15) is 0 Å². The highest BCUT2D eigenvalue weighted by atomic mass is 28.3. The van der Waals surface area contributed by atoms with Crippen molar-refractivity contribution >= 4 is 8.07 Å². The van der Waals surface area contributed by atoms with Crippen LogP contribution >= 0.6 is 0 Å². The average molecular weight is 108 g/mol. The lowest BCUT2D eigenvalue weighted by Crippen LogP contribution is -2.23. The van der Waals surface area contributed by atoms with E-state index in [9.17, 15) is 0 Å². The second-order valence-electron chi connectivity index (χ2n) is 4.10. The van der Waals surface area contributed by atoms with Crippen LogP contribution < -0.4 is 0 Å². The van der Waals surface area contributed by atoms with E-state index in [1.807, 2.05) is 0 Å². The Hall–Kier alpha value is 0.217. The summed E-state index contributed by atoms with van der Waals surface area (Å²) < 4.78 is 0. The molecule has 0 aromatic rings. The number of hydrogen-bond donors (Lipinski definition) is 0. The van der Waals surface area contributed by atoms with E-state index < -0.39 is 0 Å². The minimum Gasteiger partial charge on any atom is -0.0685 e. The first kappa shape index (κ1) is 2.67. The molecule has 2 aliphatic carbocycles. The Morgan fingerprint density at radius 3 is 1.71 bits per heavy atom. The summed E-state index contributed by atoms with van der Waals surface area (Å²) in [5, 5.41) is 0. The predicted octanol–water partition coefficient (Wildman–Crippen LogP) is 1.46. The van der Waals surface area contributed by atoms with Crippen molar-refractivity contribution in [3.63, 3.8) is 0 Å². The molecule has 7 heavy (non-hydrogen) atoms. The zero-order valence-corrected chi connectivity index (χ0v) is 5.39. The van der Waals surface area contributed by atoms with Gasteiger partial charge in [-0.2, -0.15) is 0 Å². The van der Waals surface area contributed by atoms with Crippen LogP contribution in [0.15, 0.2) is 0 Å². The van der Waals surface area contributed by atoms with E-state index >= 15 is 0 Å². The molecule has 0 aromatic heterocycles. The molecule has 5 fully saturated rings.